The molecular weight excluding hydrogens is 319 g/mol. The molecule has 5 heteroatoms. The largest absolute Gasteiger partial charge is 0.497 e. The fourth-order valence-corrected chi connectivity index (χ4v) is 2.71. The third-order valence-electron chi connectivity index (χ3n) is 3.94. The third-order valence-corrected chi connectivity index (χ3v) is 3.94. The number of hydrogen-bond donors (Lipinski definition) is 1. The van der Waals surface area contributed by atoms with Crippen molar-refractivity contribution in [2.75, 3.05) is 7.11 Å². The molecule has 0 amide bonds. The van der Waals surface area contributed by atoms with E-state index in [2.05, 4.69) is 10.2 Å². The summed E-state index contributed by atoms with van der Waals surface area (Å²) in [6, 6.07) is 19.5. The Kier molecular flexibility index (Phi) is 3.82. The second-order valence-electron chi connectivity index (χ2n) is 5.54. The SMILES string of the molecule is COc1cccc(-c2n[nH]c3cc(Oc4ccccc4F)ccc23)c1. The molecule has 0 spiro atoms. The molecule has 0 saturated carbocycles. The molecule has 25 heavy (non-hydrogen) atoms. The first kappa shape index (κ1) is 15.2. The molecular formula is C20H15FN2O2. The zero-order valence-corrected chi connectivity index (χ0v) is 13.5. The highest BCUT2D eigenvalue weighted by Crippen LogP contribution is 2.32. The Hall–Kier alpha value is -3.34. The van der Waals surface area contributed by atoms with Gasteiger partial charge in [0.05, 0.1) is 12.6 Å². The van der Waals surface area contributed by atoms with Gasteiger partial charge in [0.25, 0.3) is 0 Å². The van der Waals surface area contributed by atoms with Gasteiger partial charge in [-0.05, 0) is 36.4 Å². The molecule has 0 aliphatic carbocycles. The van der Waals surface area contributed by atoms with Crippen LogP contribution in [0.3, 0.4) is 0 Å². The van der Waals surface area contributed by atoms with Crippen molar-refractivity contribution in [3.8, 4) is 28.5 Å². The van der Waals surface area contributed by atoms with Crippen molar-refractivity contribution < 1.29 is 13.9 Å². The minimum atomic E-state index is -0.399. The van der Waals surface area contributed by atoms with E-state index >= 15 is 0 Å². The van der Waals surface area contributed by atoms with Crippen LogP contribution in [0.1, 0.15) is 0 Å². The number of halogens is 1. The van der Waals surface area contributed by atoms with Crippen molar-refractivity contribution in [2.24, 2.45) is 0 Å². The number of H-pyrrole nitrogens is 1. The average molecular weight is 334 g/mol. The predicted molar refractivity (Wildman–Crippen MR) is 94.6 cm³/mol. The molecule has 0 aliphatic rings. The Labute approximate surface area is 143 Å². The highest BCUT2D eigenvalue weighted by molar-refractivity contribution is 5.93. The monoisotopic (exact) mass is 334 g/mol. The van der Waals surface area contributed by atoms with Crippen LogP contribution >= 0.6 is 0 Å². The highest BCUT2D eigenvalue weighted by atomic mass is 19.1. The molecule has 4 aromatic rings. The van der Waals surface area contributed by atoms with Gasteiger partial charge < -0.3 is 9.47 Å². The van der Waals surface area contributed by atoms with E-state index in [0.29, 0.717) is 5.75 Å². The number of aromatic nitrogens is 2. The summed E-state index contributed by atoms with van der Waals surface area (Å²) in [6.45, 7) is 0. The second-order valence-corrected chi connectivity index (χ2v) is 5.54. The van der Waals surface area contributed by atoms with Gasteiger partial charge in [0, 0.05) is 17.0 Å². The molecule has 0 radical (unpaired) electrons. The van der Waals surface area contributed by atoms with E-state index < -0.39 is 5.82 Å². The highest BCUT2D eigenvalue weighted by Gasteiger charge is 2.11. The fourth-order valence-electron chi connectivity index (χ4n) is 2.71. The normalized spacial score (nSPS) is 10.8. The summed E-state index contributed by atoms with van der Waals surface area (Å²) in [7, 11) is 1.63. The van der Waals surface area contributed by atoms with Crippen molar-refractivity contribution in [2.45, 2.75) is 0 Å². The molecule has 1 aromatic heterocycles. The zero-order valence-electron chi connectivity index (χ0n) is 13.5. The molecule has 3 aromatic carbocycles. The smallest absolute Gasteiger partial charge is 0.165 e. The first-order chi connectivity index (χ1) is 12.2. The van der Waals surface area contributed by atoms with Gasteiger partial charge in [-0.15, -0.1) is 0 Å². The van der Waals surface area contributed by atoms with Crippen molar-refractivity contribution >= 4 is 10.9 Å². The number of rotatable bonds is 4. The summed E-state index contributed by atoms with van der Waals surface area (Å²) in [5, 5.41) is 8.35. The molecule has 0 atom stereocenters. The first-order valence-corrected chi connectivity index (χ1v) is 7.79. The standard InChI is InChI=1S/C20H15FN2O2/c1-24-14-6-4-5-13(11-14)20-16-10-9-15(12-18(16)22-23-20)25-19-8-3-2-7-17(19)21/h2-12H,1H3,(H,22,23). The van der Waals surface area contributed by atoms with Crippen molar-refractivity contribution in [1.29, 1.82) is 0 Å². The van der Waals surface area contributed by atoms with Crippen LogP contribution in [0.2, 0.25) is 0 Å². The van der Waals surface area contributed by atoms with Crippen LogP contribution in [0.4, 0.5) is 4.39 Å². The van der Waals surface area contributed by atoms with E-state index in [1.54, 1.807) is 37.4 Å². The molecule has 1 heterocycles. The maximum absolute atomic E-state index is 13.7. The van der Waals surface area contributed by atoms with Gasteiger partial charge in [-0.3, -0.25) is 5.10 Å². The second kappa shape index (κ2) is 6.28. The van der Waals surface area contributed by atoms with Gasteiger partial charge >= 0.3 is 0 Å². The van der Waals surface area contributed by atoms with Crippen LogP contribution in [0.25, 0.3) is 22.2 Å². The number of nitrogens with zero attached hydrogens (tertiary/aromatic N) is 1. The summed E-state index contributed by atoms with van der Waals surface area (Å²) in [5.74, 6) is 1.10. The lowest BCUT2D eigenvalue weighted by atomic mass is 10.1. The molecule has 0 fully saturated rings. The van der Waals surface area contributed by atoms with E-state index in [9.17, 15) is 4.39 Å². The summed E-state index contributed by atoms with van der Waals surface area (Å²) in [4.78, 5) is 0. The molecule has 4 rings (SSSR count). The topological polar surface area (TPSA) is 47.1 Å². The predicted octanol–water partition coefficient (Wildman–Crippen LogP) is 5.17. The third kappa shape index (κ3) is 2.92. The number of hydrogen-bond acceptors (Lipinski definition) is 3. The minimum absolute atomic E-state index is 0.189. The Balaban J connectivity index is 1.70. The molecule has 0 bridgehead atoms. The van der Waals surface area contributed by atoms with Crippen LogP contribution < -0.4 is 9.47 Å². The number of aromatic amines is 1. The van der Waals surface area contributed by atoms with Crippen molar-refractivity contribution in [3.63, 3.8) is 0 Å². The van der Waals surface area contributed by atoms with Gasteiger partial charge in [-0.2, -0.15) is 5.10 Å². The Morgan fingerprint density at radius 1 is 0.920 bits per heavy atom. The van der Waals surface area contributed by atoms with E-state index in [4.69, 9.17) is 9.47 Å². The summed E-state index contributed by atoms with van der Waals surface area (Å²) in [6.07, 6.45) is 0. The summed E-state index contributed by atoms with van der Waals surface area (Å²) < 4.78 is 24.6. The number of fused-ring (bicyclic) bond motifs is 1. The minimum Gasteiger partial charge on any atom is -0.497 e. The molecule has 4 nitrogen and oxygen atoms in total. The van der Waals surface area contributed by atoms with Gasteiger partial charge in [0.1, 0.15) is 17.2 Å². The van der Waals surface area contributed by atoms with Gasteiger partial charge in [0.15, 0.2) is 11.6 Å². The van der Waals surface area contributed by atoms with Gasteiger partial charge in [-0.25, -0.2) is 4.39 Å². The molecule has 1 N–H and O–H groups in total. The Bertz CT molecular complexity index is 1040. The lowest BCUT2D eigenvalue weighted by Crippen LogP contribution is -1.87. The average Bonchev–Trinajstić information content (AvgIpc) is 3.07. The number of nitrogens with one attached hydrogen (secondary N) is 1. The zero-order chi connectivity index (χ0) is 17.2. The Morgan fingerprint density at radius 2 is 1.80 bits per heavy atom. The van der Waals surface area contributed by atoms with Crippen molar-refractivity contribution in [3.05, 3.63) is 72.5 Å². The van der Waals surface area contributed by atoms with Crippen molar-refractivity contribution in [1.82, 2.24) is 10.2 Å². The first-order valence-electron chi connectivity index (χ1n) is 7.79. The number of benzene rings is 3. The Morgan fingerprint density at radius 3 is 2.64 bits per heavy atom. The molecule has 0 aliphatic heterocycles. The quantitative estimate of drug-likeness (QED) is 0.560. The molecule has 124 valence electrons. The van der Waals surface area contributed by atoms with Crippen LogP contribution in [-0.2, 0) is 0 Å². The summed E-state index contributed by atoms with van der Waals surface area (Å²) >= 11 is 0. The van der Waals surface area contributed by atoms with E-state index in [1.807, 2.05) is 30.3 Å². The van der Waals surface area contributed by atoms with Crippen LogP contribution in [0.15, 0.2) is 66.7 Å². The number of methoxy groups -OCH3 is 1. The summed E-state index contributed by atoms with van der Waals surface area (Å²) in [5.41, 5.74) is 2.59. The van der Waals surface area contributed by atoms with Gasteiger partial charge in [0.2, 0.25) is 0 Å². The van der Waals surface area contributed by atoms with Crippen LogP contribution in [0.5, 0.6) is 17.2 Å². The van der Waals surface area contributed by atoms with E-state index in [-0.39, 0.29) is 5.75 Å². The number of ether oxygens (including phenoxy) is 2. The van der Waals surface area contributed by atoms with E-state index in [1.165, 1.54) is 6.07 Å². The molecule has 0 unspecified atom stereocenters. The lowest BCUT2D eigenvalue weighted by molar-refractivity contribution is 0.415. The van der Waals surface area contributed by atoms with Gasteiger partial charge in [-0.1, -0.05) is 24.3 Å². The van der Waals surface area contributed by atoms with Crippen LogP contribution in [0, 0.1) is 5.82 Å². The maximum Gasteiger partial charge on any atom is 0.165 e. The van der Waals surface area contributed by atoms with Crippen LogP contribution in [-0.4, -0.2) is 17.3 Å². The maximum atomic E-state index is 13.7. The number of para-hydroxylation sites is 1. The van der Waals surface area contributed by atoms with E-state index in [0.717, 1.165) is 27.9 Å². The fraction of sp³-hybridized carbons (Fsp3) is 0.0500. The lowest BCUT2D eigenvalue weighted by Gasteiger charge is -2.06. The molecule has 0 saturated heterocycles.